The van der Waals surface area contributed by atoms with Crippen molar-refractivity contribution in [1.82, 2.24) is 0 Å². The lowest BCUT2D eigenvalue weighted by atomic mass is 9.88. The molecule has 1 rings (SSSR count). The Bertz CT molecular complexity index is 73.3. The standard InChI is InChI=1S/C8H16O2/c1-10-8-4-2-7(6-9)3-5-8/h7-9H,2-6H2,1H3/t7-,8+. The number of hydrogen-bond acceptors (Lipinski definition) is 2. The molecular weight excluding hydrogens is 128 g/mol. The molecule has 60 valence electrons. The number of hydrogen-bond donors (Lipinski definition) is 1. The summed E-state index contributed by atoms with van der Waals surface area (Å²) in [5.41, 5.74) is 0. The second kappa shape index (κ2) is 3.94. The van der Waals surface area contributed by atoms with Crippen LogP contribution in [0.3, 0.4) is 0 Å². The van der Waals surface area contributed by atoms with E-state index in [-0.39, 0.29) is 0 Å². The third-order valence-electron chi connectivity index (χ3n) is 2.39. The molecule has 0 heterocycles. The molecule has 0 spiro atoms. The molecule has 1 fully saturated rings. The van der Waals surface area contributed by atoms with Crippen molar-refractivity contribution in [2.45, 2.75) is 31.8 Å². The van der Waals surface area contributed by atoms with Gasteiger partial charge in [0.15, 0.2) is 0 Å². The molecule has 2 nitrogen and oxygen atoms in total. The second-order valence-corrected chi connectivity index (χ2v) is 3.06. The first-order valence-corrected chi connectivity index (χ1v) is 4.00. The van der Waals surface area contributed by atoms with E-state index >= 15 is 0 Å². The van der Waals surface area contributed by atoms with Gasteiger partial charge < -0.3 is 9.84 Å². The summed E-state index contributed by atoms with van der Waals surface area (Å²) in [6.45, 7) is 0.358. The number of aliphatic hydroxyl groups excluding tert-OH is 1. The van der Waals surface area contributed by atoms with Crippen molar-refractivity contribution in [3.63, 3.8) is 0 Å². The lowest BCUT2D eigenvalue weighted by molar-refractivity contribution is 0.0457. The first-order chi connectivity index (χ1) is 4.86. The van der Waals surface area contributed by atoms with Gasteiger partial charge in [-0.2, -0.15) is 0 Å². The van der Waals surface area contributed by atoms with Crippen molar-refractivity contribution in [1.29, 1.82) is 0 Å². The van der Waals surface area contributed by atoms with Gasteiger partial charge in [0.2, 0.25) is 0 Å². The van der Waals surface area contributed by atoms with Crippen molar-refractivity contribution in [2.24, 2.45) is 5.92 Å². The number of methoxy groups -OCH3 is 1. The zero-order chi connectivity index (χ0) is 7.40. The molecule has 0 aromatic heterocycles. The fraction of sp³-hybridized carbons (Fsp3) is 1.00. The highest BCUT2D eigenvalue weighted by Crippen LogP contribution is 2.24. The van der Waals surface area contributed by atoms with Crippen LogP contribution in [-0.4, -0.2) is 24.9 Å². The molecule has 0 bridgehead atoms. The molecule has 0 amide bonds. The number of ether oxygens (including phenoxy) is 1. The minimum absolute atomic E-state index is 0.358. The average Bonchev–Trinajstić information content (AvgIpc) is 2.05. The van der Waals surface area contributed by atoms with E-state index in [1.807, 2.05) is 0 Å². The van der Waals surface area contributed by atoms with Gasteiger partial charge >= 0.3 is 0 Å². The Hall–Kier alpha value is -0.0800. The molecule has 0 aromatic carbocycles. The van der Waals surface area contributed by atoms with Gasteiger partial charge in [-0.05, 0) is 31.6 Å². The predicted molar refractivity (Wildman–Crippen MR) is 39.8 cm³/mol. The average molecular weight is 144 g/mol. The molecule has 0 unspecified atom stereocenters. The van der Waals surface area contributed by atoms with E-state index in [0.29, 0.717) is 18.6 Å². The maximum Gasteiger partial charge on any atom is 0.0571 e. The Morgan fingerprint density at radius 1 is 1.30 bits per heavy atom. The minimum Gasteiger partial charge on any atom is -0.396 e. The highest BCUT2D eigenvalue weighted by atomic mass is 16.5. The zero-order valence-electron chi connectivity index (χ0n) is 6.55. The predicted octanol–water partition coefficient (Wildman–Crippen LogP) is 1.18. The van der Waals surface area contributed by atoms with E-state index in [2.05, 4.69) is 0 Å². The Balaban J connectivity index is 2.17. The van der Waals surface area contributed by atoms with E-state index in [4.69, 9.17) is 9.84 Å². The number of rotatable bonds is 2. The summed E-state index contributed by atoms with van der Waals surface area (Å²) < 4.78 is 5.20. The molecule has 1 saturated carbocycles. The first-order valence-electron chi connectivity index (χ1n) is 4.00. The van der Waals surface area contributed by atoms with E-state index in [1.54, 1.807) is 7.11 Å². The minimum atomic E-state index is 0.358. The summed E-state index contributed by atoms with van der Waals surface area (Å²) in [6, 6.07) is 0. The molecule has 2 heteroatoms. The number of aliphatic hydroxyl groups is 1. The van der Waals surface area contributed by atoms with Crippen molar-refractivity contribution in [3.8, 4) is 0 Å². The maximum absolute atomic E-state index is 8.81. The van der Waals surface area contributed by atoms with Crippen LogP contribution in [0.5, 0.6) is 0 Å². The van der Waals surface area contributed by atoms with Gasteiger partial charge in [-0.25, -0.2) is 0 Å². The molecule has 1 aliphatic carbocycles. The van der Waals surface area contributed by atoms with Crippen molar-refractivity contribution in [2.75, 3.05) is 13.7 Å². The van der Waals surface area contributed by atoms with Gasteiger partial charge in [-0.15, -0.1) is 0 Å². The van der Waals surface area contributed by atoms with Crippen LogP contribution in [0.15, 0.2) is 0 Å². The normalized spacial score (nSPS) is 34.2. The third-order valence-corrected chi connectivity index (χ3v) is 2.39. The van der Waals surface area contributed by atoms with Gasteiger partial charge in [0.25, 0.3) is 0 Å². The summed E-state index contributed by atoms with van der Waals surface area (Å²) in [7, 11) is 1.77. The van der Waals surface area contributed by atoms with Crippen LogP contribution in [0.2, 0.25) is 0 Å². The van der Waals surface area contributed by atoms with Crippen LogP contribution in [0, 0.1) is 5.92 Å². The summed E-state index contributed by atoms with van der Waals surface area (Å²) in [6.07, 6.45) is 4.98. The maximum atomic E-state index is 8.81. The van der Waals surface area contributed by atoms with Crippen LogP contribution in [0.1, 0.15) is 25.7 Å². The van der Waals surface area contributed by atoms with Gasteiger partial charge in [-0.3, -0.25) is 0 Å². The Morgan fingerprint density at radius 3 is 2.30 bits per heavy atom. The van der Waals surface area contributed by atoms with Crippen LogP contribution in [-0.2, 0) is 4.74 Å². The second-order valence-electron chi connectivity index (χ2n) is 3.06. The van der Waals surface area contributed by atoms with E-state index in [1.165, 1.54) is 0 Å². The Morgan fingerprint density at radius 2 is 1.90 bits per heavy atom. The molecule has 10 heavy (non-hydrogen) atoms. The van der Waals surface area contributed by atoms with Gasteiger partial charge in [-0.1, -0.05) is 0 Å². The van der Waals surface area contributed by atoms with Gasteiger partial charge in [0, 0.05) is 13.7 Å². The third kappa shape index (κ3) is 1.96. The quantitative estimate of drug-likeness (QED) is 0.630. The lowest BCUT2D eigenvalue weighted by Gasteiger charge is -2.25. The van der Waals surface area contributed by atoms with E-state index < -0.39 is 0 Å². The molecule has 1 N–H and O–H groups in total. The summed E-state index contributed by atoms with van der Waals surface area (Å²) in [5, 5.41) is 8.81. The van der Waals surface area contributed by atoms with Gasteiger partial charge in [0.05, 0.1) is 6.10 Å². The molecule has 0 aliphatic heterocycles. The molecule has 0 aromatic rings. The first kappa shape index (κ1) is 8.02. The van der Waals surface area contributed by atoms with E-state index in [9.17, 15) is 0 Å². The van der Waals surface area contributed by atoms with Crippen LogP contribution < -0.4 is 0 Å². The SMILES string of the molecule is CO[C@H]1CC[C@@H](CO)CC1. The van der Waals surface area contributed by atoms with E-state index in [0.717, 1.165) is 25.7 Å². The topological polar surface area (TPSA) is 29.5 Å². The molecule has 0 radical (unpaired) electrons. The van der Waals surface area contributed by atoms with Crippen LogP contribution in [0.4, 0.5) is 0 Å². The van der Waals surface area contributed by atoms with Crippen molar-refractivity contribution < 1.29 is 9.84 Å². The zero-order valence-corrected chi connectivity index (χ0v) is 6.55. The smallest absolute Gasteiger partial charge is 0.0571 e. The summed E-state index contributed by atoms with van der Waals surface area (Å²) >= 11 is 0. The van der Waals surface area contributed by atoms with Crippen molar-refractivity contribution >= 4 is 0 Å². The Kier molecular flexibility index (Phi) is 3.16. The monoisotopic (exact) mass is 144 g/mol. The Labute approximate surface area is 62.2 Å². The van der Waals surface area contributed by atoms with Crippen LogP contribution in [0.25, 0.3) is 0 Å². The highest BCUT2D eigenvalue weighted by Gasteiger charge is 2.19. The van der Waals surface area contributed by atoms with Crippen LogP contribution >= 0.6 is 0 Å². The van der Waals surface area contributed by atoms with Crippen molar-refractivity contribution in [3.05, 3.63) is 0 Å². The molecular formula is C8H16O2. The lowest BCUT2D eigenvalue weighted by Crippen LogP contribution is -2.21. The molecule has 1 aliphatic rings. The molecule has 0 atom stereocenters. The molecule has 0 saturated heterocycles. The largest absolute Gasteiger partial charge is 0.396 e. The summed E-state index contributed by atoms with van der Waals surface area (Å²) in [5.74, 6) is 0.548. The fourth-order valence-corrected chi connectivity index (χ4v) is 1.55. The summed E-state index contributed by atoms with van der Waals surface area (Å²) in [4.78, 5) is 0. The fourth-order valence-electron chi connectivity index (χ4n) is 1.55. The van der Waals surface area contributed by atoms with Gasteiger partial charge in [0.1, 0.15) is 0 Å². The highest BCUT2D eigenvalue weighted by molar-refractivity contribution is 4.71.